The fraction of sp³-hybridized carbons (Fsp3) is 0.636. The van der Waals surface area contributed by atoms with Crippen molar-refractivity contribution in [3.63, 3.8) is 0 Å². The molecule has 1 aromatic rings. The number of rotatable bonds is 14. The first-order valence-electron chi connectivity index (χ1n) is 10.6. The van der Waals surface area contributed by atoms with Crippen molar-refractivity contribution in [1.29, 1.82) is 0 Å². The van der Waals surface area contributed by atoms with E-state index in [0.717, 1.165) is 31.4 Å². The first kappa shape index (κ1) is 24.9. The Morgan fingerprint density at radius 3 is 2.55 bits per heavy atom. The maximum absolute atomic E-state index is 12.3. The zero-order valence-corrected chi connectivity index (χ0v) is 18.4. The van der Waals surface area contributed by atoms with E-state index in [2.05, 4.69) is 34.8 Å². The Labute approximate surface area is 175 Å². The predicted octanol–water partition coefficient (Wildman–Crippen LogP) is 2.71. The number of guanidine groups is 1. The van der Waals surface area contributed by atoms with Crippen molar-refractivity contribution in [3.05, 3.63) is 35.4 Å². The zero-order valence-electron chi connectivity index (χ0n) is 18.4. The van der Waals surface area contributed by atoms with Gasteiger partial charge in [0.05, 0.1) is 19.8 Å². The molecule has 164 valence electrons. The van der Waals surface area contributed by atoms with E-state index >= 15 is 0 Å². The van der Waals surface area contributed by atoms with Gasteiger partial charge in [0.15, 0.2) is 5.96 Å². The topological polar surface area (TPSA) is 84.0 Å². The van der Waals surface area contributed by atoms with Crippen molar-refractivity contribution in [2.75, 3.05) is 40.0 Å². The van der Waals surface area contributed by atoms with Gasteiger partial charge >= 0.3 is 0 Å². The Morgan fingerprint density at radius 2 is 1.86 bits per heavy atom. The molecule has 0 saturated heterocycles. The van der Waals surface area contributed by atoms with Crippen LogP contribution in [0.5, 0.6) is 0 Å². The number of carbonyl (C=O) groups is 1. The Hall–Kier alpha value is -2.12. The van der Waals surface area contributed by atoms with Crippen LogP contribution in [0.15, 0.2) is 29.3 Å². The maximum atomic E-state index is 12.3. The third-order valence-electron chi connectivity index (χ3n) is 4.42. The molecular weight excluding hydrogens is 368 g/mol. The van der Waals surface area contributed by atoms with E-state index < -0.39 is 0 Å². The van der Waals surface area contributed by atoms with E-state index in [-0.39, 0.29) is 11.9 Å². The molecule has 1 amide bonds. The van der Waals surface area contributed by atoms with Crippen LogP contribution in [0.3, 0.4) is 0 Å². The van der Waals surface area contributed by atoms with Crippen LogP contribution in [0.1, 0.15) is 56.0 Å². The second kappa shape index (κ2) is 15.8. The summed E-state index contributed by atoms with van der Waals surface area (Å²) in [6.45, 7) is 10.1. The highest BCUT2D eigenvalue weighted by Gasteiger charge is 2.09. The molecule has 0 spiro atoms. The van der Waals surface area contributed by atoms with Crippen molar-refractivity contribution < 1.29 is 14.3 Å². The van der Waals surface area contributed by atoms with Crippen molar-refractivity contribution in [1.82, 2.24) is 16.0 Å². The van der Waals surface area contributed by atoms with E-state index in [0.29, 0.717) is 44.4 Å². The molecule has 0 heterocycles. The molecule has 1 rings (SSSR count). The molecule has 0 bridgehead atoms. The second-order valence-corrected chi connectivity index (χ2v) is 6.91. The predicted molar refractivity (Wildman–Crippen MR) is 118 cm³/mol. The molecule has 29 heavy (non-hydrogen) atoms. The fourth-order valence-electron chi connectivity index (χ4n) is 2.45. The molecule has 3 N–H and O–H groups in total. The van der Waals surface area contributed by atoms with Crippen LogP contribution in [0.25, 0.3) is 0 Å². The molecule has 0 aromatic heterocycles. The van der Waals surface area contributed by atoms with Gasteiger partial charge in [-0.1, -0.05) is 32.4 Å². The summed E-state index contributed by atoms with van der Waals surface area (Å²) in [5, 5.41) is 9.46. The lowest BCUT2D eigenvalue weighted by Gasteiger charge is -2.14. The van der Waals surface area contributed by atoms with Crippen LogP contribution >= 0.6 is 0 Å². The standard InChI is InChI=1S/C22H38N4O3/c1-5-7-12-28-14-15-29-13-11-24-22(23-4)25-17-19-9-8-10-20(16-19)21(27)26-18(3)6-2/h8-10,16,18H,5-7,11-15,17H2,1-4H3,(H,26,27)(H2,23,24,25). The fourth-order valence-corrected chi connectivity index (χ4v) is 2.45. The van der Waals surface area contributed by atoms with Gasteiger partial charge in [-0.3, -0.25) is 9.79 Å². The summed E-state index contributed by atoms with van der Waals surface area (Å²) in [5.41, 5.74) is 1.69. The van der Waals surface area contributed by atoms with Crippen LogP contribution in [0.2, 0.25) is 0 Å². The highest BCUT2D eigenvalue weighted by Crippen LogP contribution is 2.06. The lowest BCUT2D eigenvalue weighted by Crippen LogP contribution is -2.38. The maximum Gasteiger partial charge on any atom is 0.251 e. The van der Waals surface area contributed by atoms with E-state index in [1.165, 1.54) is 0 Å². The summed E-state index contributed by atoms with van der Waals surface area (Å²) in [7, 11) is 1.73. The molecule has 0 fully saturated rings. The Balaban J connectivity index is 2.29. The van der Waals surface area contributed by atoms with Gasteiger partial charge in [-0.25, -0.2) is 0 Å². The van der Waals surface area contributed by atoms with Gasteiger partial charge in [-0.2, -0.15) is 0 Å². The zero-order chi connectivity index (χ0) is 21.3. The first-order chi connectivity index (χ1) is 14.1. The average Bonchev–Trinajstić information content (AvgIpc) is 2.74. The Kier molecular flexibility index (Phi) is 13.5. The molecule has 1 atom stereocenters. The van der Waals surface area contributed by atoms with Crippen molar-refractivity contribution in [2.24, 2.45) is 4.99 Å². The molecule has 0 aliphatic carbocycles. The number of nitrogens with zero attached hydrogens (tertiary/aromatic N) is 1. The molecule has 1 aromatic carbocycles. The van der Waals surface area contributed by atoms with Crippen LogP contribution in [-0.2, 0) is 16.0 Å². The number of unbranched alkanes of at least 4 members (excludes halogenated alkanes) is 1. The number of benzene rings is 1. The number of ether oxygens (including phenoxy) is 2. The van der Waals surface area contributed by atoms with Crippen molar-refractivity contribution >= 4 is 11.9 Å². The Morgan fingerprint density at radius 1 is 1.10 bits per heavy atom. The summed E-state index contributed by atoms with van der Waals surface area (Å²) in [6, 6.07) is 7.78. The summed E-state index contributed by atoms with van der Waals surface area (Å²) >= 11 is 0. The molecular formula is C22H38N4O3. The largest absolute Gasteiger partial charge is 0.379 e. The van der Waals surface area contributed by atoms with E-state index in [1.807, 2.05) is 31.2 Å². The molecule has 7 nitrogen and oxygen atoms in total. The highest BCUT2D eigenvalue weighted by molar-refractivity contribution is 5.94. The molecule has 7 heteroatoms. The summed E-state index contributed by atoms with van der Waals surface area (Å²) in [6.07, 6.45) is 3.14. The number of nitrogens with one attached hydrogen (secondary N) is 3. The monoisotopic (exact) mass is 406 g/mol. The van der Waals surface area contributed by atoms with Gasteiger partial charge in [0.2, 0.25) is 0 Å². The Bertz CT molecular complexity index is 607. The smallest absolute Gasteiger partial charge is 0.251 e. The van der Waals surface area contributed by atoms with E-state index in [4.69, 9.17) is 9.47 Å². The van der Waals surface area contributed by atoms with Crippen LogP contribution in [0.4, 0.5) is 0 Å². The van der Waals surface area contributed by atoms with Gasteiger partial charge in [0.25, 0.3) is 5.91 Å². The summed E-state index contributed by atoms with van der Waals surface area (Å²) < 4.78 is 11.0. The minimum Gasteiger partial charge on any atom is -0.379 e. The third-order valence-corrected chi connectivity index (χ3v) is 4.42. The minimum atomic E-state index is -0.0421. The van der Waals surface area contributed by atoms with Crippen LogP contribution in [0, 0.1) is 0 Å². The van der Waals surface area contributed by atoms with Gasteiger partial charge in [0.1, 0.15) is 0 Å². The second-order valence-electron chi connectivity index (χ2n) is 6.91. The lowest BCUT2D eigenvalue weighted by molar-refractivity contribution is 0.0487. The SMILES string of the molecule is CCCCOCCOCCNC(=NC)NCc1cccc(C(=O)NC(C)CC)c1. The molecule has 0 aliphatic heterocycles. The van der Waals surface area contributed by atoms with Gasteiger partial charge in [-0.05, 0) is 37.5 Å². The van der Waals surface area contributed by atoms with E-state index in [9.17, 15) is 4.79 Å². The number of hydrogen-bond donors (Lipinski definition) is 3. The third kappa shape index (κ3) is 11.5. The quantitative estimate of drug-likeness (QED) is 0.251. The molecule has 0 radical (unpaired) electrons. The van der Waals surface area contributed by atoms with E-state index in [1.54, 1.807) is 7.05 Å². The number of hydrogen-bond acceptors (Lipinski definition) is 4. The van der Waals surface area contributed by atoms with Gasteiger partial charge in [-0.15, -0.1) is 0 Å². The van der Waals surface area contributed by atoms with Crippen molar-refractivity contribution in [2.45, 2.75) is 52.6 Å². The minimum absolute atomic E-state index is 0.0421. The first-order valence-corrected chi connectivity index (χ1v) is 10.6. The van der Waals surface area contributed by atoms with Crippen LogP contribution < -0.4 is 16.0 Å². The van der Waals surface area contributed by atoms with Gasteiger partial charge in [0, 0.05) is 38.3 Å². The number of aliphatic imine (C=N–C) groups is 1. The molecule has 0 saturated carbocycles. The number of carbonyl (C=O) groups excluding carboxylic acids is 1. The van der Waals surface area contributed by atoms with Crippen molar-refractivity contribution in [3.8, 4) is 0 Å². The highest BCUT2D eigenvalue weighted by atomic mass is 16.5. The molecule has 1 unspecified atom stereocenters. The van der Waals surface area contributed by atoms with Crippen LogP contribution in [-0.4, -0.2) is 57.9 Å². The summed E-state index contributed by atoms with van der Waals surface area (Å²) in [4.78, 5) is 16.5. The lowest BCUT2D eigenvalue weighted by atomic mass is 10.1. The van der Waals surface area contributed by atoms with Gasteiger partial charge < -0.3 is 25.4 Å². The average molecular weight is 407 g/mol. The summed E-state index contributed by atoms with van der Waals surface area (Å²) in [5.74, 6) is 0.654. The molecule has 0 aliphatic rings. The normalized spacial score (nSPS) is 12.5. The number of amides is 1.